The van der Waals surface area contributed by atoms with Crippen LogP contribution in [0.5, 0.6) is 0 Å². The van der Waals surface area contributed by atoms with Crippen molar-refractivity contribution in [2.45, 2.75) is 13.0 Å². The van der Waals surface area contributed by atoms with E-state index < -0.39 is 12.1 Å². The van der Waals surface area contributed by atoms with Crippen molar-refractivity contribution in [1.82, 2.24) is 10.6 Å². The summed E-state index contributed by atoms with van der Waals surface area (Å²) in [6, 6.07) is -0.560. The highest BCUT2D eigenvalue weighted by Gasteiger charge is 2.04. The average Bonchev–Trinajstić information content (AvgIpc) is 1.97. The van der Waals surface area contributed by atoms with Gasteiger partial charge in [-0.25, -0.2) is 4.79 Å². The lowest BCUT2D eigenvalue weighted by Gasteiger charge is -2.06. The van der Waals surface area contributed by atoms with Crippen molar-refractivity contribution in [3.63, 3.8) is 0 Å². The quantitative estimate of drug-likeness (QED) is 0.399. The average molecular weight is 175 g/mol. The number of amides is 2. The Bertz CT molecular complexity index is 169. The van der Waals surface area contributed by atoms with Crippen molar-refractivity contribution >= 4 is 12.0 Å². The van der Waals surface area contributed by atoms with E-state index in [2.05, 4.69) is 10.6 Å². The zero-order valence-electron chi connectivity index (χ0n) is 6.83. The van der Waals surface area contributed by atoms with Gasteiger partial charge in [0, 0.05) is 13.1 Å². The molecule has 0 saturated heterocycles. The van der Waals surface area contributed by atoms with Gasteiger partial charge in [-0.05, 0) is 6.92 Å². The summed E-state index contributed by atoms with van der Waals surface area (Å²) in [7, 11) is 0. The molecule has 6 heteroatoms. The standard InChI is InChI=1S/C6H13N3O3/c1-4(7)5(10)8-2-3-9-6(11)12/h4,9H,2-3,7H2,1H3,(H,8,10)(H,11,12). The Morgan fingerprint density at radius 1 is 1.42 bits per heavy atom. The fourth-order valence-corrected chi connectivity index (χ4v) is 0.516. The second kappa shape index (κ2) is 5.36. The molecule has 0 radical (unpaired) electrons. The fourth-order valence-electron chi connectivity index (χ4n) is 0.516. The Morgan fingerprint density at radius 2 is 1.92 bits per heavy atom. The summed E-state index contributed by atoms with van der Waals surface area (Å²) in [4.78, 5) is 20.7. The van der Waals surface area contributed by atoms with E-state index in [1.807, 2.05) is 0 Å². The van der Waals surface area contributed by atoms with Crippen LogP contribution in [0, 0.1) is 0 Å². The van der Waals surface area contributed by atoms with Gasteiger partial charge in [-0.3, -0.25) is 4.79 Å². The van der Waals surface area contributed by atoms with E-state index in [-0.39, 0.29) is 19.0 Å². The lowest BCUT2D eigenvalue weighted by atomic mass is 10.3. The van der Waals surface area contributed by atoms with Crippen LogP contribution in [0.15, 0.2) is 0 Å². The molecule has 2 amide bonds. The van der Waals surface area contributed by atoms with Crippen molar-refractivity contribution in [1.29, 1.82) is 0 Å². The normalized spacial score (nSPS) is 11.8. The zero-order valence-corrected chi connectivity index (χ0v) is 6.83. The van der Waals surface area contributed by atoms with Crippen LogP contribution in [-0.4, -0.2) is 36.2 Å². The van der Waals surface area contributed by atoms with Crippen LogP contribution in [0.25, 0.3) is 0 Å². The summed E-state index contributed by atoms with van der Waals surface area (Å²) in [5, 5.41) is 12.7. The Hall–Kier alpha value is -1.30. The van der Waals surface area contributed by atoms with Gasteiger partial charge < -0.3 is 21.5 Å². The van der Waals surface area contributed by atoms with Crippen LogP contribution in [-0.2, 0) is 4.79 Å². The Kier molecular flexibility index (Phi) is 4.78. The molecule has 0 fully saturated rings. The molecule has 6 nitrogen and oxygen atoms in total. The number of carbonyl (C=O) groups is 2. The van der Waals surface area contributed by atoms with Crippen LogP contribution in [0.2, 0.25) is 0 Å². The van der Waals surface area contributed by atoms with Crippen LogP contribution in [0.4, 0.5) is 4.79 Å². The molecule has 0 spiro atoms. The minimum Gasteiger partial charge on any atom is -0.465 e. The van der Waals surface area contributed by atoms with Gasteiger partial charge in [-0.2, -0.15) is 0 Å². The highest BCUT2D eigenvalue weighted by atomic mass is 16.4. The molecule has 0 heterocycles. The third-order valence-electron chi connectivity index (χ3n) is 1.11. The largest absolute Gasteiger partial charge is 0.465 e. The molecule has 0 saturated carbocycles. The molecule has 0 aromatic heterocycles. The summed E-state index contributed by atoms with van der Waals surface area (Å²) < 4.78 is 0. The van der Waals surface area contributed by atoms with Crippen LogP contribution >= 0.6 is 0 Å². The first-order valence-electron chi connectivity index (χ1n) is 3.54. The number of rotatable bonds is 4. The van der Waals surface area contributed by atoms with Crippen molar-refractivity contribution in [2.24, 2.45) is 5.73 Å². The first-order chi connectivity index (χ1) is 5.54. The van der Waals surface area contributed by atoms with Gasteiger partial charge in [-0.15, -0.1) is 0 Å². The highest BCUT2D eigenvalue weighted by molar-refractivity contribution is 5.80. The summed E-state index contributed by atoms with van der Waals surface area (Å²) in [6.07, 6.45) is -1.11. The number of nitrogens with two attached hydrogens (primary N) is 1. The molecule has 0 rings (SSSR count). The van der Waals surface area contributed by atoms with E-state index in [9.17, 15) is 9.59 Å². The molecule has 1 atom stereocenters. The Labute approximate surface area is 70.1 Å². The van der Waals surface area contributed by atoms with Crippen molar-refractivity contribution in [3.05, 3.63) is 0 Å². The number of nitrogens with one attached hydrogen (secondary N) is 2. The summed E-state index contributed by atoms with van der Waals surface area (Å²) in [6.45, 7) is 2.00. The van der Waals surface area contributed by atoms with Crippen molar-refractivity contribution in [3.8, 4) is 0 Å². The predicted octanol–water partition coefficient (Wildman–Crippen LogP) is -1.28. The van der Waals surface area contributed by atoms with Crippen molar-refractivity contribution < 1.29 is 14.7 Å². The maximum absolute atomic E-state index is 10.8. The minimum absolute atomic E-state index is 0.188. The minimum atomic E-state index is -1.11. The second-order valence-electron chi connectivity index (χ2n) is 2.31. The number of carboxylic acid groups (broad SMARTS) is 1. The second-order valence-corrected chi connectivity index (χ2v) is 2.31. The van der Waals surface area contributed by atoms with Gasteiger partial charge in [0.2, 0.25) is 5.91 Å². The molecule has 12 heavy (non-hydrogen) atoms. The van der Waals surface area contributed by atoms with Crippen LogP contribution in [0.3, 0.4) is 0 Å². The fraction of sp³-hybridized carbons (Fsp3) is 0.667. The van der Waals surface area contributed by atoms with E-state index in [0.717, 1.165) is 0 Å². The first kappa shape index (κ1) is 10.7. The molecule has 70 valence electrons. The molecular weight excluding hydrogens is 162 g/mol. The van der Waals surface area contributed by atoms with E-state index in [1.54, 1.807) is 6.92 Å². The molecule has 0 aliphatic heterocycles. The van der Waals surface area contributed by atoms with Crippen molar-refractivity contribution in [2.75, 3.05) is 13.1 Å². The van der Waals surface area contributed by atoms with Gasteiger partial charge in [0.15, 0.2) is 0 Å². The zero-order chi connectivity index (χ0) is 9.56. The summed E-state index contributed by atoms with van der Waals surface area (Å²) >= 11 is 0. The lowest BCUT2D eigenvalue weighted by Crippen LogP contribution is -2.41. The van der Waals surface area contributed by atoms with Gasteiger partial charge in [0.25, 0.3) is 0 Å². The molecule has 5 N–H and O–H groups in total. The monoisotopic (exact) mass is 175 g/mol. The maximum atomic E-state index is 10.8. The number of hydrogen-bond donors (Lipinski definition) is 4. The Morgan fingerprint density at radius 3 is 2.33 bits per heavy atom. The maximum Gasteiger partial charge on any atom is 0.404 e. The van der Waals surface area contributed by atoms with E-state index in [1.165, 1.54) is 0 Å². The lowest BCUT2D eigenvalue weighted by molar-refractivity contribution is -0.121. The molecule has 0 aromatic rings. The summed E-state index contributed by atoms with van der Waals surface area (Å²) in [5.41, 5.74) is 5.23. The van der Waals surface area contributed by atoms with Gasteiger partial charge in [-0.1, -0.05) is 0 Å². The first-order valence-corrected chi connectivity index (χ1v) is 3.54. The third kappa shape index (κ3) is 5.48. The third-order valence-corrected chi connectivity index (χ3v) is 1.11. The van der Waals surface area contributed by atoms with Gasteiger partial charge in [0.1, 0.15) is 0 Å². The molecule has 0 aromatic carbocycles. The van der Waals surface area contributed by atoms with Crippen LogP contribution in [0.1, 0.15) is 6.92 Å². The molecule has 0 bridgehead atoms. The highest BCUT2D eigenvalue weighted by Crippen LogP contribution is 1.73. The number of hydrogen-bond acceptors (Lipinski definition) is 3. The van der Waals surface area contributed by atoms with E-state index >= 15 is 0 Å². The molecule has 0 aliphatic rings. The summed E-state index contributed by atoms with van der Waals surface area (Å²) in [5.74, 6) is -0.290. The van der Waals surface area contributed by atoms with E-state index in [0.29, 0.717) is 0 Å². The molecular formula is C6H13N3O3. The predicted molar refractivity (Wildman–Crippen MR) is 42.7 cm³/mol. The van der Waals surface area contributed by atoms with E-state index in [4.69, 9.17) is 10.8 Å². The molecule has 0 aliphatic carbocycles. The van der Waals surface area contributed by atoms with Crippen LogP contribution < -0.4 is 16.4 Å². The number of carbonyl (C=O) groups excluding carboxylic acids is 1. The smallest absolute Gasteiger partial charge is 0.404 e. The SMILES string of the molecule is CC(N)C(=O)NCCNC(=O)O. The topological polar surface area (TPSA) is 104 Å². The van der Waals surface area contributed by atoms with Gasteiger partial charge in [0.05, 0.1) is 6.04 Å². The molecule has 1 unspecified atom stereocenters. The van der Waals surface area contributed by atoms with Gasteiger partial charge >= 0.3 is 6.09 Å². The Balaban J connectivity index is 3.32.